The molecule has 6 aromatic heterocycles. The number of ketones is 2. The Balaban J connectivity index is 0.000000161. The first-order chi connectivity index (χ1) is 41.8. The van der Waals surface area contributed by atoms with Crippen molar-refractivity contribution in [1.29, 1.82) is 0 Å². The number of benzene rings is 2. The van der Waals surface area contributed by atoms with Crippen LogP contribution in [0.4, 0.5) is 40.1 Å². The third-order valence-corrected chi connectivity index (χ3v) is 16.7. The van der Waals surface area contributed by atoms with Crippen LogP contribution in [0.1, 0.15) is 81.5 Å². The van der Waals surface area contributed by atoms with Crippen LogP contribution in [0, 0.1) is 17.8 Å². The fourth-order valence-electron chi connectivity index (χ4n) is 10.3. The Labute approximate surface area is 505 Å². The maximum Gasteiger partial charge on any atom is 0.387 e. The molecule has 0 aliphatic carbocycles. The minimum absolute atomic E-state index is 0.0182. The molecule has 0 saturated carbocycles. The van der Waals surface area contributed by atoms with Gasteiger partial charge in [-0.1, -0.05) is 35.6 Å². The predicted octanol–water partition coefficient (Wildman–Crippen LogP) is 8.76. The highest BCUT2D eigenvalue weighted by Crippen LogP contribution is 2.32. The van der Waals surface area contributed by atoms with Gasteiger partial charge in [-0.05, 0) is 123 Å². The van der Waals surface area contributed by atoms with Crippen molar-refractivity contribution < 1.29 is 46.1 Å². The Morgan fingerprint density at radius 3 is 1.22 bits per heavy atom. The minimum Gasteiger partial charge on any atom is -0.435 e. The summed E-state index contributed by atoms with van der Waals surface area (Å²) in [5, 5.41) is 53.7. The van der Waals surface area contributed by atoms with Crippen LogP contribution in [0.25, 0.3) is 0 Å². The van der Waals surface area contributed by atoms with Crippen molar-refractivity contribution in [2.45, 2.75) is 90.6 Å². The normalized spacial score (nSPS) is 17.3. The number of nitrogens with zero attached hydrogens (tertiary/aromatic N) is 15. The van der Waals surface area contributed by atoms with E-state index in [0.29, 0.717) is 57.2 Å². The monoisotopic (exact) mass is 1240 g/mol. The molecule has 9 heterocycles. The van der Waals surface area contributed by atoms with Crippen LogP contribution >= 0.6 is 34.0 Å². The van der Waals surface area contributed by atoms with Gasteiger partial charge in [0.15, 0.2) is 29.0 Å². The third-order valence-electron chi connectivity index (χ3n) is 14.1. The summed E-state index contributed by atoms with van der Waals surface area (Å²) in [5.74, 6) is 3.68. The number of halogens is 4. The van der Waals surface area contributed by atoms with Gasteiger partial charge in [0.2, 0.25) is 5.13 Å². The van der Waals surface area contributed by atoms with Gasteiger partial charge in [-0.15, -0.1) is 68.6 Å². The van der Waals surface area contributed by atoms with Crippen LogP contribution in [-0.4, -0.2) is 138 Å². The van der Waals surface area contributed by atoms with Crippen molar-refractivity contribution in [3.8, 4) is 11.5 Å². The number of aromatic nitrogens is 12. The molecule has 0 radical (unpaired) electrons. The molecule has 11 rings (SSSR count). The number of hydrogen-bond acceptors (Lipinski definition) is 25. The van der Waals surface area contributed by atoms with E-state index in [-0.39, 0.29) is 35.9 Å². The van der Waals surface area contributed by atoms with Crippen LogP contribution in [0.5, 0.6) is 11.5 Å². The van der Waals surface area contributed by atoms with Crippen LogP contribution in [0.3, 0.4) is 0 Å². The molecule has 3 saturated heterocycles. The zero-order valence-corrected chi connectivity index (χ0v) is 49.6. The number of anilines is 4. The summed E-state index contributed by atoms with van der Waals surface area (Å²) in [5.41, 5.74) is 6.51. The first-order valence-electron chi connectivity index (χ1n) is 28.0. The summed E-state index contributed by atoms with van der Waals surface area (Å²) in [7, 11) is 0. The molecular formula is C57H64F4N16O6S3. The summed E-state index contributed by atoms with van der Waals surface area (Å²) < 4.78 is 70.4. The van der Waals surface area contributed by atoms with E-state index < -0.39 is 25.4 Å². The molecule has 86 heavy (non-hydrogen) atoms. The van der Waals surface area contributed by atoms with Gasteiger partial charge in [0, 0.05) is 90.3 Å². The van der Waals surface area contributed by atoms with Gasteiger partial charge in [-0.3, -0.25) is 9.59 Å². The largest absolute Gasteiger partial charge is 0.435 e. The van der Waals surface area contributed by atoms with Crippen molar-refractivity contribution in [1.82, 2.24) is 61.2 Å². The van der Waals surface area contributed by atoms with Gasteiger partial charge in [-0.25, -0.2) is 0 Å². The molecule has 8 aromatic rings. The minimum atomic E-state index is -2.94. The van der Waals surface area contributed by atoms with Crippen LogP contribution in [0.2, 0.25) is 0 Å². The Morgan fingerprint density at radius 2 is 0.884 bits per heavy atom. The fourth-order valence-corrected chi connectivity index (χ4v) is 12.9. The lowest BCUT2D eigenvalue weighted by Gasteiger charge is -2.16. The summed E-state index contributed by atoms with van der Waals surface area (Å²) >= 11 is 4.32. The standard InChI is InChI=1S/2C23H25F2N5O3S.C11H14N6S/c2*1-2-32-22(16-5-3-6-17(12-16)33-23(24)25)18(31)13-21-29-28-20(34-21)11-15-8-10-30(14-15)19-7-4-9-26-27-19;12-11-16-15-10(18-11)6-8-3-5-17(7-8)9-2-1-4-13-14-9/h2*3-7,9,12,15,22-23H,2,8,10-11,13-14H2,1H3;1-2,4,8H,3,5-7H2,(H2,12,16)/t15-,22+;15-,22-;8-/m000/s1. The molecule has 0 bridgehead atoms. The lowest BCUT2D eigenvalue weighted by atomic mass is 10.0. The number of hydrogen-bond donors (Lipinski definition) is 1. The second-order valence-corrected chi connectivity index (χ2v) is 23.6. The van der Waals surface area contributed by atoms with Crippen molar-refractivity contribution >= 4 is 68.2 Å². The highest BCUT2D eigenvalue weighted by molar-refractivity contribution is 7.15. The summed E-state index contributed by atoms with van der Waals surface area (Å²) in [4.78, 5) is 32.7. The summed E-state index contributed by atoms with van der Waals surface area (Å²) in [6.07, 6.45) is 9.04. The first kappa shape index (κ1) is 62.7. The van der Waals surface area contributed by atoms with Crippen molar-refractivity contribution in [3.63, 3.8) is 0 Å². The first-order valence-corrected chi connectivity index (χ1v) is 30.5. The van der Waals surface area contributed by atoms with Gasteiger partial charge < -0.3 is 39.4 Å². The molecule has 3 fully saturated rings. The molecule has 29 heteroatoms. The molecular weight excluding hydrogens is 1180 g/mol. The predicted molar refractivity (Wildman–Crippen MR) is 315 cm³/mol. The molecule has 3 aliphatic heterocycles. The molecule has 454 valence electrons. The second kappa shape index (κ2) is 31.5. The number of nitrogens with two attached hydrogens (primary N) is 1. The topological polar surface area (TPSA) is 261 Å². The molecule has 2 aromatic carbocycles. The Kier molecular flexibility index (Phi) is 23.0. The molecule has 0 unspecified atom stereocenters. The Morgan fingerprint density at radius 1 is 0.512 bits per heavy atom. The van der Waals surface area contributed by atoms with E-state index in [1.165, 1.54) is 58.3 Å². The highest BCUT2D eigenvalue weighted by atomic mass is 32.1. The number of alkyl halides is 4. The molecule has 3 aliphatic rings. The lowest BCUT2D eigenvalue weighted by Crippen LogP contribution is -2.21. The molecule has 5 atom stereocenters. The van der Waals surface area contributed by atoms with E-state index in [2.05, 4.69) is 85.4 Å². The fraction of sp³-hybridized carbons (Fsp3) is 0.439. The van der Waals surface area contributed by atoms with Gasteiger partial charge in [0.1, 0.15) is 48.7 Å². The second-order valence-electron chi connectivity index (χ2n) is 20.2. The van der Waals surface area contributed by atoms with E-state index in [0.717, 1.165) is 110 Å². The maximum atomic E-state index is 13.0. The molecule has 0 amide bonds. The average Bonchev–Trinajstić information content (AvgIpc) is 4.37. The molecule has 22 nitrogen and oxygen atoms in total. The Bertz CT molecular complexity index is 3190. The average molecular weight is 1240 g/mol. The number of Topliss-reactive ketones (excluding diaryl/α,β-unsaturated/α-hetero) is 2. The highest BCUT2D eigenvalue weighted by Gasteiger charge is 2.30. The Hall–Kier alpha value is -7.86. The zero-order chi connectivity index (χ0) is 60.2. The van der Waals surface area contributed by atoms with Crippen LogP contribution < -0.4 is 29.9 Å². The van der Waals surface area contributed by atoms with E-state index in [9.17, 15) is 27.2 Å². The number of rotatable bonds is 25. The van der Waals surface area contributed by atoms with Crippen molar-refractivity contribution in [2.75, 3.05) is 72.9 Å². The van der Waals surface area contributed by atoms with Gasteiger partial charge in [0.05, 0.1) is 12.8 Å². The smallest absolute Gasteiger partial charge is 0.387 e. The number of carbonyl (C=O) groups is 2. The van der Waals surface area contributed by atoms with E-state index in [4.69, 9.17) is 15.2 Å². The SMILES string of the molecule is CCO[C@@H](C(=O)Cc1nnc(C[C@@H]2CCN(c3cccnn3)C2)s1)c1cccc(OC(F)F)c1.CCO[C@H](C(=O)Cc1nnc(C[C@@H]2CCN(c3cccnn3)C2)s1)c1cccc(OC(F)F)c1.Nc1nnc(C[C@@H]2CCN(c3cccnn3)C2)s1. The van der Waals surface area contributed by atoms with E-state index in [1.54, 1.807) is 56.7 Å². The number of carbonyl (C=O) groups excluding carboxylic acids is 2. The van der Waals surface area contributed by atoms with Crippen LogP contribution in [0.15, 0.2) is 104 Å². The quantitative estimate of drug-likeness (QED) is 0.0524. The number of nitrogen functional groups attached to an aromatic ring is 1. The van der Waals surface area contributed by atoms with Gasteiger partial charge in [-0.2, -0.15) is 32.9 Å². The van der Waals surface area contributed by atoms with Gasteiger partial charge >= 0.3 is 13.2 Å². The summed E-state index contributed by atoms with van der Waals surface area (Å²) in [6.45, 7) is 3.84. The summed E-state index contributed by atoms with van der Waals surface area (Å²) in [6, 6.07) is 23.6. The van der Waals surface area contributed by atoms with Crippen molar-refractivity contribution in [2.24, 2.45) is 17.8 Å². The van der Waals surface area contributed by atoms with Gasteiger partial charge in [0.25, 0.3) is 0 Å². The third kappa shape index (κ3) is 18.6. The van der Waals surface area contributed by atoms with Crippen molar-refractivity contribution in [3.05, 3.63) is 140 Å². The molecule has 0 spiro atoms. The molecule has 2 N–H and O–H groups in total. The van der Waals surface area contributed by atoms with Crippen LogP contribution in [-0.2, 0) is 51.2 Å². The number of ether oxygens (including phenoxy) is 4. The lowest BCUT2D eigenvalue weighted by molar-refractivity contribution is -0.130. The maximum absolute atomic E-state index is 13.0. The van der Waals surface area contributed by atoms with E-state index >= 15 is 0 Å². The zero-order valence-electron chi connectivity index (χ0n) is 47.1. The van der Waals surface area contributed by atoms with E-state index in [1.807, 2.05) is 36.4 Å².